The van der Waals surface area contributed by atoms with Crippen LogP contribution < -0.4 is 10.1 Å². The number of nitro benzene ring substituents is 1. The summed E-state index contributed by atoms with van der Waals surface area (Å²) in [7, 11) is 1.36. The van der Waals surface area contributed by atoms with E-state index in [-0.39, 0.29) is 22.8 Å². The second-order valence-electron chi connectivity index (χ2n) is 4.50. The normalized spacial score (nSPS) is 10.1. The van der Waals surface area contributed by atoms with Crippen LogP contribution >= 0.6 is 11.6 Å². The van der Waals surface area contributed by atoms with E-state index < -0.39 is 23.4 Å². The van der Waals surface area contributed by atoms with Crippen molar-refractivity contribution in [3.63, 3.8) is 0 Å². The highest BCUT2D eigenvalue weighted by Gasteiger charge is 2.18. The molecule has 126 valence electrons. The van der Waals surface area contributed by atoms with Crippen molar-refractivity contribution in [1.82, 2.24) is 4.98 Å². The number of nitro groups is 1. The molecular weight excluding hydrogens is 342 g/mol. The molecule has 24 heavy (non-hydrogen) atoms. The van der Waals surface area contributed by atoms with Crippen molar-refractivity contribution in [2.45, 2.75) is 0 Å². The number of aromatic nitrogens is 1. The van der Waals surface area contributed by atoms with Gasteiger partial charge in [0.15, 0.2) is 6.61 Å². The van der Waals surface area contributed by atoms with Crippen LogP contribution in [0, 0.1) is 10.1 Å². The fraction of sp³-hybridized carbons (Fsp3) is 0.143. The van der Waals surface area contributed by atoms with Crippen molar-refractivity contribution in [3.8, 4) is 5.75 Å². The van der Waals surface area contributed by atoms with Crippen LogP contribution in [0.15, 0.2) is 30.5 Å². The zero-order valence-electron chi connectivity index (χ0n) is 12.4. The van der Waals surface area contributed by atoms with Gasteiger partial charge in [0.25, 0.3) is 11.6 Å². The maximum absolute atomic E-state index is 11.8. The number of benzene rings is 1. The van der Waals surface area contributed by atoms with Gasteiger partial charge in [-0.1, -0.05) is 11.6 Å². The van der Waals surface area contributed by atoms with E-state index in [0.29, 0.717) is 5.02 Å². The number of aromatic amines is 1. The third kappa shape index (κ3) is 4.23. The summed E-state index contributed by atoms with van der Waals surface area (Å²) in [5, 5.41) is 13.6. The first-order valence-electron chi connectivity index (χ1n) is 6.54. The molecule has 0 unspecified atom stereocenters. The van der Waals surface area contributed by atoms with Crippen LogP contribution in [0.4, 0.5) is 11.4 Å². The molecule has 0 bridgehead atoms. The third-order valence-electron chi connectivity index (χ3n) is 2.88. The largest absolute Gasteiger partial charge is 0.496 e. The number of anilines is 1. The van der Waals surface area contributed by atoms with Crippen LogP contribution in [0.5, 0.6) is 5.75 Å². The number of hydrogen-bond acceptors (Lipinski definition) is 6. The molecule has 1 amide bonds. The Morgan fingerprint density at radius 2 is 2.12 bits per heavy atom. The first-order valence-corrected chi connectivity index (χ1v) is 6.92. The lowest BCUT2D eigenvalue weighted by Gasteiger charge is -2.08. The zero-order valence-corrected chi connectivity index (χ0v) is 13.1. The Hall–Kier alpha value is -3.07. The molecule has 2 aromatic rings. The Labute approximate surface area is 140 Å². The molecule has 0 atom stereocenters. The molecule has 0 saturated carbocycles. The number of nitrogens with zero attached hydrogens (tertiary/aromatic N) is 1. The van der Waals surface area contributed by atoms with E-state index in [9.17, 15) is 19.7 Å². The summed E-state index contributed by atoms with van der Waals surface area (Å²) in [5.41, 5.74) is -0.293. The average molecular weight is 354 g/mol. The molecule has 0 spiro atoms. The molecule has 1 aromatic heterocycles. The highest BCUT2D eigenvalue weighted by atomic mass is 35.5. The minimum atomic E-state index is -0.777. The number of hydrogen-bond donors (Lipinski definition) is 2. The minimum absolute atomic E-state index is 0.0373. The standard InChI is InChI=1S/C14H12ClN3O6/c1-23-9-2-3-10(12(5-9)18(21)22)17-13(19)7-24-14(20)11-4-8(15)6-16-11/h2-6,16H,7H2,1H3,(H,17,19). The quantitative estimate of drug-likeness (QED) is 0.467. The highest BCUT2D eigenvalue weighted by Crippen LogP contribution is 2.28. The molecule has 0 saturated heterocycles. The molecule has 2 N–H and O–H groups in total. The lowest BCUT2D eigenvalue weighted by Crippen LogP contribution is -2.21. The Bertz CT molecular complexity index is 789. The topological polar surface area (TPSA) is 124 Å². The number of esters is 1. The third-order valence-corrected chi connectivity index (χ3v) is 3.10. The summed E-state index contributed by atoms with van der Waals surface area (Å²) in [6.45, 7) is -0.612. The van der Waals surface area contributed by atoms with Crippen LogP contribution in [0.3, 0.4) is 0 Å². The predicted octanol–water partition coefficient (Wildman–Crippen LogP) is 2.38. The number of rotatable bonds is 6. The molecule has 0 aliphatic rings. The number of carbonyl (C=O) groups excluding carboxylic acids is 2. The first kappa shape index (κ1) is 17.3. The Morgan fingerprint density at radius 1 is 1.38 bits per heavy atom. The van der Waals surface area contributed by atoms with Gasteiger partial charge in [-0.25, -0.2) is 4.79 Å². The average Bonchev–Trinajstić information content (AvgIpc) is 2.99. The van der Waals surface area contributed by atoms with Crippen molar-refractivity contribution < 1.29 is 24.0 Å². The lowest BCUT2D eigenvalue weighted by atomic mass is 10.2. The van der Waals surface area contributed by atoms with Gasteiger partial charge in [-0.3, -0.25) is 14.9 Å². The summed E-state index contributed by atoms with van der Waals surface area (Å²) in [6, 6.07) is 5.29. The summed E-state index contributed by atoms with van der Waals surface area (Å²) in [5.74, 6) is -1.23. The van der Waals surface area contributed by atoms with Gasteiger partial charge in [0, 0.05) is 6.20 Å². The summed E-state index contributed by atoms with van der Waals surface area (Å²) in [4.78, 5) is 36.4. The van der Waals surface area contributed by atoms with E-state index in [2.05, 4.69) is 10.3 Å². The molecule has 0 fully saturated rings. The van der Waals surface area contributed by atoms with E-state index in [1.54, 1.807) is 0 Å². The summed E-state index contributed by atoms with van der Waals surface area (Å²) >= 11 is 5.65. The fourth-order valence-corrected chi connectivity index (χ4v) is 1.94. The zero-order chi connectivity index (χ0) is 17.7. The molecule has 0 aliphatic carbocycles. The predicted molar refractivity (Wildman–Crippen MR) is 84.4 cm³/mol. The minimum Gasteiger partial charge on any atom is -0.496 e. The van der Waals surface area contributed by atoms with Crippen molar-refractivity contribution in [2.24, 2.45) is 0 Å². The second-order valence-corrected chi connectivity index (χ2v) is 4.93. The van der Waals surface area contributed by atoms with Crippen molar-refractivity contribution >= 4 is 34.9 Å². The molecule has 10 heteroatoms. The molecule has 0 aliphatic heterocycles. The van der Waals surface area contributed by atoms with E-state index in [0.717, 1.165) is 0 Å². The number of methoxy groups -OCH3 is 1. The second kappa shape index (κ2) is 7.47. The number of carbonyl (C=O) groups is 2. The monoisotopic (exact) mass is 353 g/mol. The van der Waals surface area contributed by atoms with Gasteiger partial charge in [0.2, 0.25) is 0 Å². The van der Waals surface area contributed by atoms with E-state index in [1.165, 1.54) is 37.6 Å². The van der Waals surface area contributed by atoms with Crippen molar-refractivity contribution in [1.29, 1.82) is 0 Å². The maximum atomic E-state index is 11.8. The van der Waals surface area contributed by atoms with Gasteiger partial charge < -0.3 is 19.8 Å². The number of amides is 1. The summed E-state index contributed by atoms with van der Waals surface area (Å²) < 4.78 is 9.68. The van der Waals surface area contributed by atoms with Crippen molar-refractivity contribution in [3.05, 3.63) is 51.3 Å². The van der Waals surface area contributed by atoms with E-state index >= 15 is 0 Å². The van der Waals surface area contributed by atoms with Crippen LogP contribution in [0.25, 0.3) is 0 Å². The molecule has 1 aromatic carbocycles. The Kier molecular flexibility index (Phi) is 5.38. The first-order chi connectivity index (χ1) is 11.4. The van der Waals surface area contributed by atoms with Crippen LogP contribution in [-0.2, 0) is 9.53 Å². The highest BCUT2D eigenvalue weighted by molar-refractivity contribution is 6.30. The van der Waals surface area contributed by atoms with E-state index in [1.807, 2.05) is 0 Å². The van der Waals surface area contributed by atoms with Crippen LogP contribution in [0.2, 0.25) is 5.02 Å². The summed E-state index contributed by atoms with van der Waals surface area (Å²) in [6.07, 6.45) is 1.39. The van der Waals surface area contributed by atoms with Gasteiger partial charge in [-0.2, -0.15) is 0 Å². The van der Waals surface area contributed by atoms with Crippen molar-refractivity contribution in [2.75, 3.05) is 19.0 Å². The Balaban J connectivity index is 1.99. The SMILES string of the molecule is COc1ccc(NC(=O)COC(=O)c2cc(Cl)c[nH]2)c([N+](=O)[O-])c1. The molecule has 9 nitrogen and oxygen atoms in total. The van der Waals surface area contributed by atoms with Crippen LogP contribution in [-0.4, -0.2) is 35.5 Å². The van der Waals surface area contributed by atoms with Gasteiger partial charge in [-0.15, -0.1) is 0 Å². The number of H-pyrrole nitrogens is 1. The van der Waals surface area contributed by atoms with Gasteiger partial charge in [0.1, 0.15) is 17.1 Å². The smallest absolute Gasteiger partial charge is 0.355 e. The molecule has 2 rings (SSSR count). The maximum Gasteiger partial charge on any atom is 0.355 e. The molecule has 0 radical (unpaired) electrons. The van der Waals surface area contributed by atoms with Crippen LogP contribution in [0.1, 0.15) is 10.5 Å². The van der Waals surface area contributed by atoms with Gasteiger partial charge >= 0.3 is 5.97 Å². The van der Waals surface area contributed by atoms with Gasteiger partial charge in [-0.05, 0) is 18.2 Å². The number of nitrogens with one attached hydrogen (secondary N) is 2. The van der Waals surface area contributed by atoms with Gasteiger partial charge in [0.05, 0.1) is 23.1 Å². The lowest BCUT2D eigenvalue weighted by molar-refractivity contribution is -0.384. The fourth-order valence-electron chi connectivity index (χ4n) is 1.78. The number of halogens is 1. The van der Waals surface area contributed by atoms with E-state index in [4.69, 9.17) is 21.1 Å². The number of ether oxygens (including phenoxy) is 2. The molecular formula is C14H12ClN3O6. The Morgan fingerprint density at radius 3 is 2.71 bits per heavy atom. The molecule has 1 heterocycles.